The number of oxime groups is 1. The van der Waals surface area contributed by atoms with Gasteiger partial charge in [0.05, 0.1) is 29.3 Å². The number of likely N-dealkylation sites (tertiary alicyclic amines) is 1. The van der Waals surface area contributed by atoms with Crippen molar-refractivity contribution in [3.05, 3.63) is 40.9 Å². The zero-order valence-corrected chi connectivity index (χ0v) is 23.2. The molecule has 3 N–H and O–H groups in total. The normalized spacial score (nSPS) is 22.3. The predicted molar refractivity (Wildman–Crippen MR) is 145 cm³/mol. The highest BCUT2D eigenvalue weighted by Gasteiger charge is 2.30. The number of carbonyl (C=O) groups excluding carboxylic acids is 1. The molecule has 1 amide bonds. The first-order valence-corrected chi connectivity index (χ1v) is 16.2. The SMILES string of the molecule is NS(=O)(=O)C1CCN(Cc2cnc(NC(=O)/C(=N/O[C@@H]3CCOC3)c3ccc(S(=O)C4CC4)cc3)s2)CC1. The minimum atomic E-state index is -3.51. The van der Waals surface area contributed by atoms with Crippen molar-refractivity contribution in [2.45, 2.75) is 60.1 Å². The molecule has 11 nitrogen and oxygen atoms in total. The predicted octanol–water partition coefficient (Wildman–Crippen LogP) is 1.81. The van der Waals surface area contributed by atoms with Gasteiger partial charge in [0.2, 0.25) is 10.0 Å². The monoisotopic (exact) mass is 581 g/mol. The third-order valence-corrected chi connectivity index (χ3v) is 10.8. The zero-order chi connectivity index (χ0) is 26.7. The summed E-state index contributed by atoms with van der Waals surface area (Å²) in [5.41, 5.74) is 0.648. The fourth-order valence-corrected chi connectivity index (χ4v) is 7.45. The highest BCUT2D eigenvalue weighted by Crippen LogP contribution is 2.30. The lowest BCUT2D eigenvalue weighted by atomic mass is 10.1. The molecule has 3 aliphatic rings. The van der Waals surface area contributed by atoms with Crippen molar-refractivity contribution >= 4 is 48.9 Å². The van der Waals surface area contributed by atoms with Crippen LogP contribution in [0.25, 0.3) is 0 Å². The van der Waals surface area contributed by atoms with Crippen molar-refractivity contribution in [3.8, 4) is 0 Å². The molecular formula is C24H31N5O6S3. The molecule has 1 aliphatic carbocycles. The second-order valence-corrected chi connectivity index (χ2v) is 14.4. The number of aromatic nitrogens is 1. The molecule has 2 aromatic rings. The van der Waals surface area contributed by atoms with Crippen LogP contribution in [0.3, 0.4) is 0 Å². The van der Waals surface area contributed by atoms with Gasteiger partial charge in [0.25, 0.3) is 5.91 Å². The molecule has 2 atom stereocenters. The lowest BCUT2D eigenvalue weighted by molar-refractivity contribution is -0.110. The second kappa shape index (κ2) is 11.9. The van der Waals surface area contributed by atoms with Gasteiger partial charge in [0.15, 0.2) is 16.9 Å². The van der Waals surface area contributed by atoms with E-state index >= 15 is 0 Å². The Morgan fingerprint density at radius 3 is 2.58 bits per heavy atom. The van der Waals surface area contributed by atoms with Crippen LogP contribution in [0.5, 0.6) is 0 Å². The molecule has 0 bridgehead atoms. The van der Waals surface area contributed by atoms with Gasteiger partial charge in [-0.05, 0) is 50.9 Å². The molecular weight excluding hydrogens is 550 g/mol. The third-order valence-electron chi connectivity index (χ3n) is 6.74. The van der Waals surface area contributed by atoms with Gasteiger partial charge in [0.1, 0.15) is 0 Å². The molecule has 1 saturated carbocycles. The first-order valence-electron chi connectivity index (χ1n) is 12.6. The molecule has 14 heteroatoms. The van der Waals surface area contributed by atoms with E-state index in [1.807, 2.05) is 0 Å². The van der Waals surface area contributed by atoms with Gasteiger partial charge in [0, 0.05) is 39.7 Å². The van der Waals surface area contributed by atoms with E-state index in [4.69, 9.17) is 14.7 Å². The molecule has 38 heavy (non-hydrogen) atoms. The number of primary sulfonamides is 1. The van der Waals surface area contributed by atoms with Crippen molar-refractivity contribution in [1.29, 1.82) is 0 Å². The molecule has 1 unspecified atom stereocenters. The van der Waals surface area contributed by atoms with E-state index in [2.05, 4.69) is 20.4 Å². The number of thiazole rings is 1. The minimum Gasteiger partial charge on any atom is -0.389 e. The molecule has 1 aromatic carbocycles. The quantitative estimate of drug-likeness (QED) is 0.318. The Balaban J connectivity index is 1.24. The largest absolute Gasteiger partial charge is 0.389 e. The fraction of sp³-hybridized carbons (Fsp3) is 0.542. The number of nitrogens with two attached hydrogens (primary N) is 1. The van der Waals surface area contributed by atoms with Crippen LogP contribution in [0, 0.1) is 0 Å². The van der Waals surface area contributed by atoms with Crippen LogP contribution in [-0.4, -0.2) is 77.0 Å². The molecule has 3 fully saturated rings. The summed E-state index contributed by atoms with van der Waals surface area (Å²) >= 11 is 1.35. The number of benzene rings is 1. The third kappa shape index (κ3) is 7.04. The van der Waals surface area contributed by atoms with Gasteiger partial charge in [-0.15, -0.1) is 11.3 Å². The Morgan fingerprint density at radius 1 is 1.21 bits per heavy atom. The van der Waals surface area contributed by atoms with Crippen LogP contribution in [0.1, 0.15) is 42.5 Å². The number of hydrogen-bond donors (Lipinski definition) is 2. The molecule has 0 radical (unpaired) electrons. The van der Waals surface area contributed by atoms with E-state index in [9.17, 15) is 17.4 Å². The lowest BCUT2D eigenvalue weighted by Gasteiger charge is -2.30. The number of ether oxygens (including phenoxy) is 1. The van der Waals surface area contributed by atoms with Crippen LogP contribution in [0.4, 0.5) is 5.13 Å². The maximum Gasteiger partial charge on any atom is 0.280 e. The van der Waals surface area contributed by atoms with E-state index in [1.165, 1.54) is 11.3 Å². The summed E-state index contributed by atoms with van der Waals surface area (Å²) in [5.74, 6) is -0.463. The maximum atomic E-state index is 13.3. The Morgan fingerprint density at radius 2 is 1.95 bits per heavy atom. The average molecular weight is 582 g/mol. The van der Waals surface area contributed by atoms with E-state index in [1.54, 1.807) is 30.5 Å². The van der Waals surface area contributed by atoms with E-state index in [0.29, 0.717) is 62.8 Å². The molecule has 2 saturated heterocycles. The number of anilines is 1. The summed E-state index contributed by atoms with van der Waals surface area (Å²) in [6.45, 7) is 2.87. The smallest absolute Gasteiger partial charge is 0.280 e. The summed E-state index contributed by atoms with van der Waals surface area (Å²) in [6, 6.07) is 7.01. The Kier molecular flexibility index (Phi) is 8.55. The van der Waals surface area contributed by atoms with Crippen molar-refractivity contribution in [3.63, 3.8) is 0 Å². The maximum absolute atomic E-state index is 13.3. The fourth-order valence-electron chi connectivity index (χ4n) is 4.38. The van der Waals surface area contributed by atoms with Crippen molar-refractivity contribution in [2.75, 3.05) is 31.6 Å². The molecule has 3 heterocycles. The second-order valence-electron chi connectivity index (χ2n) is 9.70. The summed E-state index contributed by atoms with van der Waals surface area (Å²) in [4.78, 5) is 27.0. The molecule has 0 spiro atoms. The van der Waals surface area contributed by atoms with Crippen LogP contribution < -0.4 is 10.5 Å². The number of carbonyl (C=O) groups is 1. The molecule has 2 aliphatic heterocycles. The first-order chi connectivity index (χ1) is 18.3. The minimum absolute atomic E-state index is 0.0995. The standard InChI is InChI=1S/C24H31N5O6S3/c25-38(32,33)21-7-10-29(11-8-21)14-18-13-26-24(36-18)27-23(30)22(28-35-17-9-12-34-15-17)16-1-3-19(4-2-16)37(31)20-5-6-20/h1-4,13,17,20-21H,5-12,14-15H2,(H2,25,32,33)(H,26,27,30)/b28-22+/t17-,37?/m1/s1. The highest BCUT2D eigenvalue weighted by atomic mass is 32.2. The Hall–Kier alpha value is -2.23. The van der Waals surface area contributed by atoms with E-state index in [-0.39, 0.29) is 17.1 Å². The summed E-state index contributed by atoms with van der Waals surface area (Å²) in [6.07, 6.45) is 5.14. The van der Waals surface area contributed by atoms with Crippen LogP contribution in [-0.2, 0) is 41.7 Å². The van der Waals surface area contributed by atoms with Gasteiger partial charge >= 0.3 is 0 Å². The highest BCUT2D eigenvalue weighted by molar-refractivity contribution is 7.89. The summed E-state index contributed by atoms with van der Waals surface area (Å²) < 4.78 is 41.0. The van der Waals surface area contributed by atoms with Gasteiger partial charge in [-0.1, -0.05) is 17.3 Å². The molecule has 206 valence electrons. The number of nitrogens with one attached hydrogen (secondary N) is 1. The number of sulfonamides is 1. The van der Waals surface area contributed by atoms with Gasteiger partial charge in [-0.3, -0.25) is 19.2 Å². The van der Waals surface area contributed by atoms with Crippen molar-refractivity contribution < 1.29 is 27.0 Å². The number of hydrogen-bond acceptors (Lipinski definition) is 10. The number of piperidine rings is 1. The van der Waals surface area contributed by atoms with E-state index in [0.717, 1.165) is 22.6 Å². The van der Waals surface area contributed by atoms with Crippen molar-refractivity contribution in [1.82, 2.24) is 9.88 Å². The number of amides is 1. The number of rotatable bonds is 10. The topological polar surface area (TPSA) is 153 Å². The van der Waals surface area contributed by atoms with Gasteiger partial charge in [-0.2, -0.15) is 0 Å². The van der Waals surface area contributed by atoms with E-state index < -0.39 is 32.0 Å². The Labute approximate surface area is 228 Å². The first kappa shape index (κ1) is 27.3. The van der Waals surface area contributed by atoms with Crippen LogP contribution in [0.2, 0.25) is 0 Å². The van der Waals surface area contributed by atoms with Crippen LogP contribution in [0.15, 0.2) is 40.5 Å². The lowest BCUT2D eigenvalue weighted by Crippen LogP contribution is -2.41. The number of nitrogens with zero attached hydrogens (tertiary/aromatic N) is 3. The molecule has 1 aromatic heterocycles. The molecule has 5 rings (SSSR count). The summed E-state index contributed by atoms with van der Waals surface area (Å²) in [5, 5.41) is 12.4. The van der Waals surface area contributed by atoms with Gasteiger partial charge in [-0.25, -0.2) is 18.5 Å². The Bertz CT molecular complexity index is 1300. The van der Waals surface area contributed by atoms with Gasteiger partial charge < -0.3 is 9.57 Å². The van der Waals surface area contributed by atoms with Crippen molar-refractivity contribution in [2.24, 2.45) is 10.3 Å². The zero-order valence-electron chi connectivity index (χ0n) is 20.8. The van der Waals surface area contributed by atoms with Crippen LogP contribution >= 0.6 is 11.3 Å². The summed E-state index contributed by atoms with van der Waals surface area (Å²) in [7, 11) is -4.55. The average Bonchev–Trinajstić information content (AvgIpc) is 3.45.